The number of benzene rings is 1. The van der Waals surface area contributed by atoms with Crippen molar-refractivity contribution in [2.24, 2.45) is 4.99 Å². The number of ether oxygens (including phenoxy) is 1. The topological polar surface area (TPSA) is 66.1 Å². The van der Waals surface area contributed by atoms with E-state index >= 15 is 0 Å². The van der Waals surface area contributed by atoms with Crippen LogP contribution >= 0.6 is 35.6 Å². The fraction of sp³-hybridized carbons (Fsp3) is 0.565. The average molecular weight is 574 g/mol. The lowest BCUT2D eigenvalue weighted by atomic mass is 9.74. The Morgan fingerprint density at radius 1 is 1.19 bits per heavy atom. The zero-order valence-corrected chi connectivity index (χ0v) is 21.9. The number of guanidine groups is 1. The van der Waals surface area contributed by atoms with E-state index in [4.69, 9.17) is 20.9 Å². The molecule has 7 nitrogen and oxygen atoms in total. The molecule has 2 fully saturated rings. The number of hydrogen-bond donors (Lipinski definition) is 1. The van der Waals surface area contributed by atoms with Crippen LogP contribution in [-0.2, 0) is 16.7 Å². The summed E-state index contributed by atoms with van der Waals surface area (Å²) in [4.78, 5) is 9.32. The Morgan fingerprint density at radius 3 is 2.53 bits per heavy atom. The Kier molecular flexibility index (Phi) is 9.22. The molecule has 1 aromatic heterocycles. The molecule has 2 saturated heterocycles. The van der Waals surface area contributed by atoms with E-state index in [0.29, 0.717) is 0 Å². The van der Waals surface area contributed by atoms with Crippen molar-refractivity contribution >= 4 is 41.5 Å². The second-order valence-electron chi connectivity index (χ2n) is 8.47. The molecule has 32 heavy (non-hydrogen) atoms. The van der Waals surface area contributed by atoms with Crippen molar-refractivity contribution in [3.05, 3.63) is 52.4 Å². The van der Waals surface area contributed by atoms with Crippen LogP contribution < -0.4 is 5.32 Å². The van der Waals surface area contributed by atoms with Gasteiger partial charge >= 0.3 is 0 Å². The van der Waals surface area contributed by atoms with Gasteiger partial charge in [0.15, 0.2) is 5.96 Å². The van der Waals surface area contributed by atoms with E-state index in [-0.39, 0.29) is 29.4 Å². The molecule has 0 spiro atoms. The molecule has 1 aromatic carbocycles. The Labute approximate surface area is 212 Å². The fourth-order valence-electron chi connectivity index (χ4n) is 4.61. The molecule has 0 unspecified atom stereocenters. The number of nitrogens with zero attached hydrogens (tertiary/aromatic N) is 4. The van der Waals surface area contributed by atoms with Gasteiger partial charge < -0.3 is 19.5 Å². The number of aliphatic imine (C=N–C) groups is 1. The smallest absolute Gasteiger partial charge is 0.193 e. The van der Waals surface area contributed by atoms with Gasteiger partial charge in [0.2, 0.25) is 0 Å². The molecule has 3 heterocycles. The molecule has 2 aliphatic rings. The van der Waals surface area contributed by atoms with Crippen LogP contribution in [0.25, 0.3) is 0 Å². The molecule has 1 N–H and O–H groups in total. The van der Waals surface area contributed by atoms with Crippen molar-refractivity contribution in [2.45, 2.75) is 31.7 Å². The van der Waals surface area contributed by atoms with E-state index < -0.39 is 0 Å². The Hall–Kier alpha value is -1.36. The summed E-state index contributed by atoms with van der Waals surface area (Å²) >= 11 is 6.60. The standard InChI is InChI=1S/C23H32ClN5O2.HI/c1-18-15-19(27-31-18)16-28-9-11-29(12-10-28)22(25-2)26-17-23(7-13-30-14-8-23)20-5-3-4-6-21(20)24;/h3-6,15H,7-14,16-17H2,1-2H3,(H,25,26);1H. The minimum absolute atomic E-state index is 0. The zero-order valence-electron chi connectivity index (χ0n) is 18.8. The number of halogens is 2. The lowest BCUT2D eigenvalue weighted by Gasteiger charge is -2.41. The molecule has 0 radical (unpaired) electrons. The maximum Gasteiger partial charge on any atom is 0.193 e. The third-order valence-corrected chi connectivity index (χ3v) is 6.76. The minimum Gasteiger partial charge on any atom is -0.381 e. The monoisotopic (exact) mass is 573 g/mol. The molecule has 9 heteroatoms. The molecule has 0 bridgehead atoms. The van der Waals surface area contributed by atoms with Crippen molar-refractivity contribution in [3.8, 4) is 0 Å². The number of rotatable bonds is 5. The van der Waals surface area contributed by atoms with E-state index in [9.17, 15) is 0 Å². The summed E-state index contributed by atoms with van der Waals surface area (Å²) in [5.41, 5.74) is 2.16. The lowest BCUT2D eigenvalue weighted by molar-refractivity contribution is 0.0510. The van der Waals surface area contributed by atoms with Gasteiger partial charge in [-0.25, -0.2) is 0 Å². The maximum atomic E-state index is 6.60. The second kappa shape index (κ2) is 11.7. The highest BCUT2D eigenvalue weighted by molar-refractivity contribution is 14.0. The fourth-order valence-corrected chi connectivity index (χ4v) is 4.95. The van der Waals surface area contributed by atoms with Gasteiger partial charge in [0.1, 0.15) is 5.76 Å². The van der Waals surface area contributed by atoms with Gasteiger partial charge in [-0.15, -0.1) is 24.0 Å². The predicted octanol–water partition coefficient (Wildman–Crippen LogP) is 3.70. The molecule has 0 aliphatic carbocycles. The Morgan fingerprint density at radius 2 is 1.91 bits per heavy atom. The third kappa shape index (κ3) is 5.95. The van der Waals surface area contributed by atoms with Crippen LogP contribution in [0.1, 0.15) is 29.9 Å². The SMILES string of the molecule is CN=C(NCC1(c2ccccc2Cl)CCOCC1)N1CCN(Cc2cc(C)on2)CC1.I. The molecule has 4 rings (SSSR count). The summed E-state index contributed by atoms with van der Waals surface area (Å²) in [6, 6.07) is 10.2. The van der Waals surface area contributed by atoms with Crippen LogP contribution in [0.3, 0.4) is 0 Å². The first-order chi connectivity index (χ1) is 15.1. The van der Waals surface area contributed by atoms with Crippen LogP contribution in [-0.4, -0.2) is 73.9 Å². The maximum absolute atomic E-state index is 6.60. The number of piperazine rings is 1. The highest BCUT2D eigenvalue weighted by atomic mass is 127. The number of aromatic nitrogens is 1. The van der Waals surface area contributed by atoms with Crippen molar-refractivity contribution in [3.63, 3.8) is 0 Å². The Balaban J connectivity index is 0.00000289. The van der Waals surface area contributed by atoms with Crippen LogP contribution in [0.15, 0.2) is 39.8 Å². The van der Waals surface area contributed by atoms with Crippen molar-refractivity contribution < 1.29 is 9.26 Å². The Bertz CT molecular complexity index is 892. The summed E-state index contributed by atoms with van der Waals surface area (Å²) < 4.78 is 10.9. The van der Waals surface area contributed by atoms with Gasteiger partial charge in [-0.3, -0.25) is 9.89 Å². The normalized spacial score (nSPS) is 19.5. The average Bonchev–Trinajstić information content (AvgIpc) is 3.20. The van der Waals surface area contributed by atoms with Crippen LogP contribution in [0, 0.1) is 6.92 Å². The van der Waals surface area contributed by atoms with Crippen molar-refractivity contribution in [1.29, 1.82) is 0 Å². The van der Waals surface area contributed by atoms with E-state index in [1.165, 1.54) is 5.56 Å². The highest BCUT2D eigenvalue weighted by Gasteiger charge is 2.36. The highest BCUT2D eigenvalue weighted by Crippen LogP contribution is 2.38. The third-order valence-electron chi connectivity index (χ3n) is 6.43. The number of nitrogens with one attached hydrogen (secondary N) is 1. The molecule has 2 aliphatic heterocycles. The summed E-state index contributed by atoms with van der Waals surface area (Å²) in [5, 5.41) is 8.61. The van der Waals surface area contributed by atoms with Crippen molar-refractivity contribution in [2.75, 3.05) is 53.0 Å². The summed E-state index contributed by atoms with van der Waals surface area (Å²) in [6.45, 7) is 8.86. The summed E-state index contributed by atoms with van der Waals surface area (Å²) in [7, 11) is 1.86. The second-order valence-corrected chi connectivity index (χ2v) is 8.87. The predicted molar refractivity (Wildman–Crippen MR) is 138 cm³/mol. The van der Waals surface area contributed by atoms with Crippen molar-refractivity contribution in [1.82, 2.24) is 20.3 Å². The first-order valence-electron chi connectivity index (χ1n) is 11.0. The summed E-state index contributed by atoms with van der Waals surface area (Å²) in [5.74, 6) is 1.81. The van der Waals surface area contributed by atoms with Gasteiger partial charge in [-0.2, -0.15) is 0 Å². The van der Waals surface area contributed by atoms with Gasteiger partial charge in [0.05, 0.1) is 5.69 Å². The van der Waals surface area contributed by atoms with Gasteiger partial charge in [-0.05, 0) is 31.4 Å². The summed E-state index contributed by atoms with van der Waals surface area (Å²) in [6.07, 6.45) is 1.90. The van der Waals surface area contributed by atoms with E-state index in [1.807, 2.05) is 32.2 Å². The van der Waals surface area contributed by atoms with Gasteiger partial charge in [0.25, 0.3) is 0 Å². The van der Waals surface area contributed by atoms with E-state index in [2.05, 4.69) is 37.4 Å². The lowest BCUT2D eigenvalue weighted by Crippen LogP contribution is -2.54. The minimum atomic E-state index is -0.0425. The van der Waals surface area contributed by atoms with E-state index in [0.717, 1.165) is 87.8 Å². The molecular weight excluding hydrogens is 541 g/mol. The molecule has 2 aromatic rings. The first-order valence-corrected chi connectivity index (χ1v) is 11.4. The zero-order chi connectivity index (χ0) is 21.7. The van der Waals surface area contributed by atoms with Crippen LogP contribution in [0.4, 0.5) is 0 Å². The molecule has 0 saturated carbocycles. The first kappa shape index (κ1) is 25.3. The number of hydrogen-bond acceptors (Lipinski definition) is 5. The quantitative estimate of drug-likeness (QED) is 0.334. The molecular formula is C23H33ClIN5O2. The van der Waals surface area contributed by atoms with E-state index in [1.54, 1.807) is 0 Å². The number of aryl methyl sites for hydroxylation is 1. The van der Waals surface area contributed by atoms with Crippen LogP contribution in [0.5, 0.6) is 0 Å². The molecule has 176 valence electrons. The largest absolute Gasteiger partial charge is 0.381 e. The molecule has 0 amide bonds. The molecule has 0 atom stereocenters. The van der Waals surface area contributed by atoms with Gasteiger partial charge in [0, 0.05) is 76.0 Å². The van der Waals surface area contributed by atoms with Gasteiger partial charge in [-0.1, -0.05) is 35.0 Å². The van der Waals surface area contributed by atoms with Crippen LogP contribution in [0.2, 0.25) is 5.02 Å².